The first-order valence-electron chi connectivity index (χ1n) is 10.8. The molecule has 5 nitrogen and oxygen atoms in total. The van der Waals surface area contributed by atoms with Crippen molar-refractivity contribution in [2.45, 2.75) is 24.7 Å². The van der Waals surface area contributed by atoms with E-state index >= 15 is 0 Å². The van der Waals surface area contributed by atoms with Crippen LogP contribution >= 0.6 is 11.6 Å². The van der Waals surface area contributed by atoms with Gasteiger partial charge in [-0.2, -0.15) is 13.2 Å². The molecule has 3 aromatic carbocycles. The van der Waals surface area contributed by atoms with Gasteiger partial charge in [-0.25, -0.2) is 8.78 Å². The van der Waals surface area contributed by atoms with E-state index < -0.39 is 46.8 Å². The third-order valence-corrected chi connectivity index (χ3v) is 6.43. The van der Waals surface area contributed by atoms with Crippen LogP contribution in [0.2, 0.25) is 5.02 Å². The number of nitrogens with one attached hydrogen (secondary N) is 2. The number of alkyl halides is 3. The minimum atomic E-state index is -4.87. The van der Waals surface area contributed by atoms with Gasteiger partial charge in [-0.15, -0.1) is 0 Å². The molecule has 0 radical (unpaired) electrons. The van der Waals surface area contributed by atoms with Gasteiger partial charge >= 0.3 is 6.18 Å². The zero-order valence-electron chi connectivity index (χ0n) is 18.2. The van der Waals surface area contributed by atoms with Crippen LogP contribution in [0.15, 0.2) is 48.5 Å². The number of fused-ring (bicyclic) bond motifs is 1. The molecule has 2 unspecified atom stereocenters. The standard InChI is InChI=1S/C25H16ClF5N2O3/c26-18-2-1-14(27)10-16(18)22-21-17(24(35)33-22)7-11(20-3-4-36-20)8-19(21)32-23(34)12-5-13(25(29,30)31)9-15(28)6-12/h1-2,5-10,20,22H,3-4H2,(H,32,34)(H,33,35). The highest BCUT2D eigenvalue weighted by molar-refractivity contribution is 6.31. The smallest absolute Gasteiger partial charge is 0.373 e. The Morgan fingerprint density at radius 3 is 2.47 bits per heavy atom. The van der Waals surface area contributed by atoms with Gasteiger partial charge < -0.3 is 15.4 Å². The molecule has 1 fully saturated rings. The first-order valence-corrected chi connectivity index (χ1v) is 11.1. The minimum Gasteiger partial charge on any atom is -0.373 e. The summed E-state index contributed by atoms with van der Waals surface area (Å²) in [5.41, 5.74) is -0.627. The maximum atomic E-state index is 14.0. The predicted octanol–water partition coefficient (Wildman–Crippen LogP) is 6.18. The molecule has 2 heterocycles. The number of halogens is 6. The molecule has 1 saturated heterocycles. The summed E-state index contributed by atoms with van der Waals surface area (Å²) in [6, 6.07) is 7.25. The summed E-state index contributed by atoms with van der Waals surface area (Å²) in [4.78, 5) is 25.8. The number of rotatable bonds is 4. The van der Waals surface area contributed by atoms with Crippen molar-refractivity contribution >= 4 is 29.1 Å². The SMILES string of the molecule is O=C(Nc1cc(C2CCO2)cc2c1C(c1cc(F)ccc1Cl)NC2=O)c1cc(F)cc(C(F)(F)F)c1. The second-order valence-corrected chi connectivity index (χ2v) is 8.84. The lowest BCUT2D eigenvalue weighted by atomic mass is 9.92. The van der Waals surface area contributed by atoms with E-state index in [-0.39, 0.29) is 39.6 Å². The van der Waals surface area contributed by atoms with Gasteiger partial charge in [-0.05, 0) is 54.1 Å². The monoisotopic (exact) mass is 522 g/mol. The quantitative estimate of drug-likeness (QED) is 0.402. The molecule has 2 aliphatic rings. The Bertz CT molecular complexity index is 1410. The molecule has 186 valence electrons. The molecule has 36 heavy (non-hydrogen) atoms. The molecule has 3 aromatic rings. The molecule has 2 atom stereocenters. The van der Waals surface area contributed by atoms with Crippen molar-refractivity contribution in [2.75, 3.05) is 11.9 Å². The highest BCUT2D eigenvalue weighted by atomic mass is 35.5. The lowest BCUT2D eigenvalue weighted by Gasteiger charge is -2.28. The molecule has 0 aromatic heterocycles. The Morgan fingerprint density at radius 2 is 1.81 bits per heavy atom. The Balaban J connectivity index is 1.61. The van der Waals surface area contributed by atoms with E-state index in [1.165, 1.54) is 12.1 Å². The summed E-state index contributed by atoms with van der Waals surface area (Å²) < 4.78 is 72.9. The van der Waals surface area contributed by atoms with E-state index in [0.717, 1.165) is 12.1 Å². The number of carbonyl (C=O) groups excluding carboxylic acids is 2. The Kier molecular flexibility index (Phi) is 5.96. The molecule has 2 amide bonds. The summed E-state index contributed by atoms with van der Waals surface area (Å²) in [6.45, 7) is 0.501. The summed E-state index contributed by atoms with van der Waals surface area (Å²) in [5, 5.41) is 5.36. The summed E-state index contributed by atoms with van der Waals surface area (Å²) >= 11 is 6.26. The van der Waals surface area contributed by atoms with Gasteiger partial charge in [0.05, 0.1) is 24.3 Å². The minimum absolute atomic E-state index is 0.0736. The van der Waals surface area contributed by atoms with Crippen molar-refractivity contribution in [3.63, 3.8) is 0 Å². The van der Waals surface area contributed by atoms with Crippen LogP contribution in [-0.2, 0) is 10.9 Å². The molecule has 0 bridgehead atoms. The van der Waals surface area contributed by atoms with Crippen molar-refractivity contribution in [2.24, 2.45) is 0 Å². The number of carbonyl (C=O) groups is 2. The van der Waals surface area contributed by atoms with Crippen LogP contribution in [-0.4, -0.2) is 18.4 Å². The molecule has 2 N–H and O–H groups in total. The van der Waals surface area contributed by atoms with Gasteiger partial charge in [0.2, 0.25) is 0 Å². The lowest BCUT2D eigenvalue weighted by molar-refractivity contribution is -0.137. The van der Waals surface area contributed by atoms with Gasteiger partial charge in [0.15, 0.2) is 0 Å². The van der Waals surface area contributed by atoms with Crippen molar-refractivity contribution in [1.82, 2.24) is 5.32 Å². The zero-order chi connectivity index (χ0) is 25.8. The maximum absolute atomic E-state index is 14.0. The van der Waals surface area contributed by atoms with Crippen molar-refractivity contribution in [3.8, 4) is 0 Å². The summed E-state index contributed by atoms with van der Waals surface area (Å²) in [7, 11) is 0. The zero-order valence-corrected chi connectivity index (χ0v) is 18.9. The van der Waals surface area contributed by atoms with Crippen LogP contribution in [0, 0.1) is 11.6 Å². The van der Waals surface area contributed by atoms with Crippen molar-refractivity contribution < 1.29 is 36.3 Å². The second kappa shape index (κ2) is 8.86. The van der Waals surface area contributed by atoms with Crippen LogP contribution in [0.5, 0.6) is 0 Å². The molecule has 0 spiro atoms. The normalized spacial score (nSPS) is 18.9. The third kappa shape index (κ3) is 4.42. The van der Waals surface area contributed by atoms with Crippen LogP contribution in [0.25, 0.3) is 0 Å². The molecule has 5 rings (SSSR count). The van der Waals surface area contributed by atoms with Crippen LogP contribution < -0.4 is 10.6 Å². The first kappa shape index (κ1) is 24.2. The highest BCUT2D eigenvalue weighted by Crippen LogP contribution is 2.42. The first-order chi connectivity index (χ1) is 17.0. The Labute approximate surface area is 206 Å². The van der Waals surface area contributed by atoms with Crippen LogP contribution in [0.4, 0.5) is 27.6 Å². The average molecular weight is 523 g/mol. The second-order valence-electron chi connectivity index (χ2n) is 8.43. The number of hydrogen-bond acceptors (Lipinski definition) is 3. The fourth-order valence-electron chi connectivity index (χ4n) is 4.29. The van der Waals surface area contributed by atoms with Crippen LogP contribution in [0.3, 0.4) is 0 Å². The fraction of sp³-hybridized carbons (Fsp3) is 0.200. The van der Waals surface area contributed by atoms with Crippen molar-refractivity contribution in [1.29, 1.82) is 0 Å². The van der Waals surface area contributed by atoms with Gasteiger partial charge in [-0.1, -0.05) is 11.6 Å². The molecule has 2 aliphatic heterocycles. The Morgan fingerprint density at radius 1 is 1.06 bits per heavy atom. The number of anilines is 1. The number of amides is 2. The van der Waals surface area contributed by atoms with E-state index in [1.807, 2.05) is 0 Å². The Hall–Kier alpha value is -3.50. The topological polar surface area (TPSA) is 67.4 Å². The lowest BCUT2D eigenvalue weighted by Crippen LogP contribution is -2.21. The van der Waals surface area contributed by atoms with Gasteiger partial charge in [0.1, 0.15) is 11.6 Å². The summed E-state index contributed by atoms with van der Waals surface area (Å²) in [5.74, 6) is -3.39. The van der Waals surface area contributed by atoms with E-state index in [9.17, 15) is 31.5 Å². The summed E-state index contributed by atoms with van der Waals surface area (Å²) in [6.07, 6.45) is -4.55. The fourth-order valence-corrected chi connectivity index (χ4v) is 4.52. The number of benzene rings is 3. The van der Waals surface area contributed by atoms with E-state index in [1.54, 1.807) is 6.07 Å². The molecule has 0 saturated carbocycles. The number of hydrogen-bond donors (Lipinski definition) is 2. The highest BCUT2D eigenvalue weighted by Gasteiger charge is 2.37. The molecular weight excluding hydrogens is 507 g/mol. The largest absolute Gasteiger partial charge is 0.416 e. The molecule has 0 aliphatic carbocycles. The van der Waals surface area contributed by atoms with E-state index in [2.05, 4.69) is 10.6 Å². The van der Waals surface area contributed by atoms with Crippen molar-refractivity contribution in [3.05, 3.63) is 98.6 Å². The molecular formula is C25H16ClF5N2O3. The van der Waals surface area contributed by atoms with Gasteiger partial charge in [0, 0.05) is 39.4 Å². The van der Waals surface area contributed by atoms with Crippen LogP contribution in [0.1, 0.15) is 61.5 Å². The molecule has 11 heteroatoms. The van der Waals surface area contributed by atoms with Gasteiger partial charge in [0.25, 0.3) is 11.8 Å². The van der Waals surface area contributed by atoms with E-state index in [4.69, 9.17) is 16.3 Å². The van der Waals surface area contributed by atoms with Gasteiger partial charge in [-0.3, -0.25) is 9.59 Å². The third-order valence-electron chi connectivity index (χ3n) is 6.09. The number of ether oxygens (including phenoxy) is 1. The predicted molar refractivity (Wildman–Crippen MR) is 120 cm³/mol. The maximum Gasteiger partial charge on any atom is 0.416 e. The average Bonchev–Trinajstić information content (AvgIpc) is 3.10. The van der Waals surface area contributed by atoms with E-state index in [0.29, 0.717) is 30.7 Å².